The third-order valence-electron chi connectivity index (χ3n) is 9.38. The maximum absolute atomic E-state index is 8.89. The van der Waals surface area contributed by atoms with Gasteiger partial charge in [-0.15, -0.1) is 0 Å². The Morgan fingerprint density at radius 1 is 0.412 bits per heavy atom. The fraction of sp³-hybridized carbons (Fsp3) is 0. The number of furan rings is 1. The molecule has 4 heteroatoms. The summed E-state index contributed by atoms with van der Waals surface area (Å²) in [4.78, 5) is 15.2. The predicted molar refractivity (Wildman–Crippen MR) is 209 cm³/mol. The molecule has 51 heavy (non-hydrogen) atoms. The van der Waals surface area contributed by atoms with Crippen molar-refractivity contribution in [2.75, 3.05) is 0 Å². The molecule has 0 spiro atoms. The van der Waals surface area contributed by atoms with Crippen LogP contribution in [-0.4, -0.2) is 15.0 Å². The largest absolute Gasteiger partial charge is 0.455 e. The molecule has 0 saturated heterocycles. The van der Waals surface area contributed by atoms with Gasteiger partial charge in [0, 0.05) is 33.0 Å². The van der Waals surface area contributed by atoms with Crippen molar-refractivity contribution in [3.05, 3.63) is 176 Å². The van der Waals surface area contributed by atoms with Gasteiger partial charge >= 0.3 is 0 Å². The van der Waals surface area contributed by atoms with Crippen LogP contribution in [0.1, 0.15) is 6.85 Å². The van der Waals surface area contributed by atoms with E-state index in [0.29, 0.717) is 45.2 Å². The molecule has 0 saturated carbocycles. The summed E-state index contributed by atoms with van der Waals surface area (Å²) in [7, 11) is 0. The summed E-state index contributed by atoms with van der Waals surface area (Å²) in [6.07, 6.45) is 0. The van der Waals surface area contributed by atoms with Gasteiger partial charge in [0.2, 0.25) is 0 Å². The molecular formula is C47H29N3O. The Hall–Kier alpha value is -6.91. The van der Waals surface area contributed by atoms with E-state index < -0.39 is 18.1 Å². The fourth-order valence-corrected chi connectivity index (χ4v) is 6.98. The van der Waals surface area contributed by atoms with Crippen molar-refractivity contribution in [2.24, 2.45) is 0 Å². The predicted octanol–water partition coefficient (Wildman–Crippen LogP) is 12.4. The molecule has 0 aliphatic rings. The minimum Gasteiger partial charge on any atom is -0.455 e. The summed E-state index contributed by atoms with van der Waals surface area (Å²) >= 11 is 0. The Kier molecular flexibility index (Phi) is 5.66. The van der Waals surface area contributed by atoms with Gasteiger partial charge in [0.1, 0.15) is 11.2 Å². The smallest absolute Gasteiger partial charge is 0.164 e. The Morgan fingerprint density at radius 3 is 1.92 bits per heavy atom. The van der Waals surface area contributed by atoms with Crippen LogP contribution in [0.4, 0.5) is 0 Å². The van der Waals surface area contributed by atoms with E-state index in [1.54, 1.807) is 0 Å². The molecule has 0 unspecified atom stereocenters. The minimum atomic E-state index is -0.453. The number of benzene rings is 8. The lowest BCUT2D eigenvalue weighted by molar-refractivity contribution is 0.670. The van der Waals surface area contributed by atoms with Gasteiger partial charge in [-0.2, -0.15) is 0 Å². The molecule has 0 aliphatic heterocycles. The molecule has 0 bridgehead atoms. The first-order valence-electron chi connectivity index (χ1n) is 19.2. The molecule has 0 fully saturated rings. The fourth-order valence-electron chi connectivity index (χ4n) is 6.98. The standard InChI is InChI=1S/C47H29N3O/c1-4-13-30(14-5-1)36-28-40(31-15-6-2-7-16-31)44-41(29-36)43-39(21-12-22-42(43)51-44)47-49-45(33-18-8-3-9-19-33)48-46(50-47)35-25-26-38-34(27-35)24-23-32-17-10-11-20-37(32)38/h1-29H/i2D,6D,7D,15D,16D. The van der Waals surface area contributed by atoms with Gasteiger partial charge in [-0.25, -0.2) is 15.0 Å². The van der Waals surface area contributed by atoms with Crippen LogP contribution >= 0.6 is 0 Å². The molecule has 0 N–H and O–H groups in total. The second kappa shape index (κ2) is 11.9. The third-order valence-corrected chi connectivity index (χ3v) is 9.38. The topological polar surface area (TPSA) is 51.8 Å². The molecule has 10 aromatic rings. The van der Waals surface area contributed by atoms with E-state index in [1.807, 2.05) is 97.1 Å². The zero-order valence-corrected chi connectivity index (χ0v) is 27.1. The molecule has 238 valence electrons. The zero-order valence-electron chi connectivity index (χ0n) is 32.1. The van der Waals surface area contributed by atoms with Crippen LogP contribution in [0.3, 0.4) is 0 Å². The van der Waals surface area contributed by atoms with Crippen molar-refractivity contribution in [2.45, 2.75) is 0 Å². The molecule has 0 radical (unpaired) electrons. The van der Waals surface area contributed by atoms with E-state index in [-0.39, 0.29) is 17.6 Å². The van der Waals surface area contributed by atoms with E-state index in [9.17, 15) is 0 Å². The van der Waals surface area contributed by atoms with E-state index in [2.05, 4.69) is 48.5 Å². The van der Waals surface area contributed by atoms with Crippen LogP contribution in [0.25, 0.3) is 99.9 Å². The van der Waals surface area contributed by atoms with Crippen LogP contribution in [0.2, 0.25) is 0 Å². The average molecular weight is 657 g/mol. The minimum absolute atomic E-state index is 0.0669. The third kappa shape index (κ3) is 5.04. The Labute approximate surface area is 301 Å². The van der Waals surface area contributed by atoms with Gasteiger partial charge in [-0.3, -0.25) is 0 Å². The maximum Gasteiger partial charge on any atom is 0.164 e. The quantitative estimate of drug-likeness (QED) is 0.173. The summed E-state index contributed by atoms with van der Waals surface area (Å²) in [6.45, 7) is 0. The molecule has 2 heterocycles. The van der Waals surface area contributed by atoms with Gasteiger partial charge in [0.25, 0.3) is 0 Å². The molecular weight excluding hydrogens is 623 g/mol. The Balaban J connectivity index is 1.25. The SMILES string of the molecule is [2H]c1c([2H])c([2H])c(-c2cc(-c3ccccc3)cc3c2oc2cccc(-c4nc(-c5ccccc5)nc(-c5ccc6c(ccc7ccccc76)c5)n4)c23)c([2H])c1[2H]. The van der Waals surface area contributed by atoms with E-state index in [1.165, 1.54) is 10.8 Å². The Morgan fingerprint density at radius 2 is 1.10 bits per heavy atom. The number of fused-ring (bicyclic) bond motifs is 6. The van der Waals surface area contributed by atoms with Crippen molar-refractivity contribution in [1.82, 2.24) is 15.0 Å². The second-order valence-electron chi connectivity index (χ2n) is 12.4. The first kappa shape index (κ1) is 24.3. The second-order valence-corrected chi connectivity index (χ2v) is 12.4. The number of hydrogen-bond acceptors (Lipinski definition) is 4. The molecule has 10 rings (SSSR count). The zero-order chi connectivity index (χ0) is 38.1. The number of hydrogen-bond donors (Lipinski definition) is 0. The van der Waals surface area contributed by atoms with E-state index in [4.69, 9.17) is 26.2 Å². The maximum atomic E-state index is 8.89. The molecule has 8 aromatic carbocycles. The molecule has 2 aromatic heterocycles. The molecule has 0 atom stereocenters. The number of aromatic nitrogens is 3. The van der Waals surface area contributed by atoms with Gasteiger partial charge in [-0.1, -0.05) is 152 Å². The highest BCUT2D eigenvalue weighted by Crippen LogP contribution is 2.43. The van der Waals surface area contributed by atoms with Crippen LogP contribution in [0.15, 0.2) is 180 Å². The summed E-state index contributed by atoms with van der Waals surface area (Å²) in [5.74, 6) is 1.47. The van der Waals surface area contributed by atoms with Crippen molar-refractivity contribution < 1.29 is 11.3 Å². The van der Waals surface area contributed by atoms with Gasteiger partial charge in [0.15, 0.2) is 17.5 Å². The van der Waals surface area contributed by atoms with Gasteiger partial charge < -0.3 is 4.42 Å². The van der Waals surface area contributed by atoms with E-state index >= 15 is 0 Å². The highest BCUT2D eigenvalue weighted by molar-refractivity contribution is 6.16. The van der Waals surface area contributed by atoms with Gasteiger partial charge in [0.05, 0.1) is 6.85 Å². The van der Waals surface area contributed by atoms with Crippen molar-refractivity contribution in [3.8, 4) is 56.4 Å². The van der Waals surface area contributed by atoms with Crippen LogP contribution < -0.4 is 0 Å². The van der Waals surface area contributed by atoms with Crippen LogP contribution in [0.5, 0.6) is 0 Å². The Bertz CT molecular complexity index is 3170. The lowest BCUT2D eigenvalue weighted by Crippen LogP contribution is -2.00. The van der Waals surface area contributed by atoms with Crippen LogP contribution in [-0.2, 0) is 0 Å². The monoisotopic (exact) mass is 656 g/mol. The van der Waals surface area contributed by atoms with Crippen molar-refractivity contribution >= 4 is 43.5 Å². The normalized spacial score (nSPS) is 12.9. The van der Waals surface area contributed by atoms with Gasteiger partial charge in [-0.05, 0) is 62.5 Å². The van der Waals surface area contributed by atoms with E-state index in [0.717, 1.165) is 38.4 Å². The first-order valence-corrected chi connectivity index (χ1v) is 16.7. The highest BCUT2D eigenvalue weighted by Gasteiger charge is 2.21. The van der Waals surface area contributed by atoms with Crippen molar-refractivity contribution in [1.29, 1.82) is 0 Å². The number of nitrogens with zero attached hydrogens (tertiary/aromatic N) is 3. The molecule has 0 aliphatic carbocycles. The molecule has 0 amide bonds. The van der Waals surface area contributed by atoms with Crippen LogP contribution in [0, 0.1) is 0 Å². The highest BCUT2D eigenvalue weighted by atomic mass is 16.3. The lowest BCUT2D eigenvalue weighted by Gasteiger charge is -2.11. The summed E-state index contributed by atoms with van der Waals surface area (Å²) < 4.78 is 49.6. The average Bonchev–Trinajstić information content (AvgIpc) is 3.64. The summed E-state index contributed by atoms with van der Waals surface area (Å²) in [5, 5.41) is 5.99. The summed E-state index contributed by atoms with van der Waals surface area (Å²) in [6, 6.07) is 46.1. The lowest BCUT2D eigenvalue weighted by atomic mass is 9.95. The summed E-state index contributed by atoms with van der Waals surface area (Å²) in [5.41, 5.74) is 5.46. The van der Waals surface area contributed by atoms with Crippen molar-refractivity contribution in [3.63, 3.8) is 0 Å². The first-order chi connectivity index (χ1) is 27.3. The number of rotatable bonds is 5. The molecule has 4 nitrogen and oxygen atoms in total.